The first kappa shape index (κ1) is 15.7. The summed E-state index contributed by atoms with van der Waals surface area (Å²) in [6.07, 6.45) is -5.06. The van der Waals surface area contributed by atoms with Gasteiger partial charge in [0.1, 0.15) is 0 Å². The summed E-state index contributed by atoms with van der Waals surface area (Å²) in [5, 5.41) is 0. The summed E-state index contributed by atoms with van der Waals surface area (Å²) in [4.78, 5) is 0. The molecule has 1 aliphatic rings. The van der Waals surface area contributed by atoms with E-state index in [1.165, 1.54) is 4.31 Å². The monoisotopic (exact) mass is 288 g/mol. The lowest BCUT2D eigenvalue weighted by Gasteiger charge is -2.18. The smallest absolute Gasteiger partial charge is 0.328 e. The van der Waals surface area contributed by atoms with Gasteiger partial charge in [0, 0.05) is 25.6 Å². The minimum absolute atomic E-state index is 0.0969. The van der Waals surface area contributed by atoms with Crippen LogP contribution in [-0.2, 0) is 10.0 Å². The highest BCUT2D eigenvalue weighted by molar-refractivity contribution is 7.89. The van der Waals surface area contributed by atoms with Gasteiger partial charge in [-0.25, -0.2) is 12.7 Å². The third kappa shape index (κ3) is 4.74. The van der Waals surface area contributed by atoms with Gasteiger partial charge in [-0.15, -0.1) is 0 Å². The topological polar surface area (TPSA) is 63.4 Å². The number of nitrogens with zero attached hydrogens (tertiary/aromatic N) is 1. The lowest BCUT2D eigenvalue weighted by molar-refractivity contribution is -0.134. The maximum atomic E-state index is 12.0. The van der Waals surface area contributed by atoms with E-state index in [-0.39, 0.29) is 18.4 Å². The molecule has 2 unspecified atom stereocenters. The zero-order chi connectivity index (χ0) is 14.0. The van der Waals surface area contributed by atoms with Crippen LogP contribution in [-0.4, -0.2) is 43.8 Å². The summed E-state index contributed by atoms with van der Waals surface area (Å²) in [6, 6.07) is -0.0969. The van der Waals surface area contributed by atoms with Crippen molar-refractivity contribution in [1.82, 2.24) is 4.31 Å². The van der Waals surface area contributed by atoms with Gasteiger partial charge in [0.2, 0.25) is 10.0 Å². The van der Waals surface area contributed by atoms with Gasteiger partial charge in [-0.05, 0) is 25.7 Å². The Balaban J connectivity index is 2.45. The van der Waals surface area contributed by atoms with Crippen molar-refractivity contribution >= 4 is 10.0 Å². The zero-order valence-corrected chi connectivity index (χ0v) is 11.1. The quantitative estimate of drug-likeness (QED) is 0.830. The molecule has 4 nitrogen and oxygen atoms in total. The average molecular weight is 288 g/mol. The van der Waals surface area contributed by atoms with Crippen molar-refractivity contribution in [2.45, 2.75) is 38.4 Å². The lowest BCUT2D eigenvalue weighted by atomic mass is 10.0. The van der Waals surface area contributed by atoms with Crippen LogP contribution in [0.25, 0.3) is 0 Å². The molecule has 0 aromatic heterocycles. The highest BCUT2D eigenvalue weighted by atomic mass is 32.2. The van der Waals surface area contributed by atoms with E-state index in [2.05, 4.69) is 0 Å². The van der Waals surface area contributed by atoms with E-state index in [9.17, 15) is 21.6 Å². The minimum atomic E-state index is -4.30. The molecule has 18 heavy (non-hydrogen) atoms. The predicted molar refractivity (Wildman–Crippen MR) is 62.4 cm³/mol. The molecule has 0 saturated carbocycles. The van der Waals surface area contributed by atoms with Crippen LogP contribution in [0.1, 0.15) is 26.2 Å². The van der Waals surface area contributed by atoms with Gasteiger partial charge < -0.3 is 5.73 Å². The van der Waals surface area contributed by atoms with Crippen molar-refractivity contribution in [2.75, 3.05) is 18.8 Å². The van der Waals surface area contributed by atoms with Crippen molar-refractivity contribution in [3.05, 3.63) is 0 Å². The second-order valence-corrected chi connectivity index (χ2v) is 6.89. The molecule has 0 aliphatic carbocycles. The van der Waals surface area contributed by atoms with E-state index in [1.807, 2.05) is 6.92 Å². The number of rotatable bonds is 5. The maximum Gasteiger partial charge on any atom is 0.389 e. The van der Waals surface area contributed by atoms with E-state index in [0.717, 1.165) is 0 Å². The third-order valence-corrected chi connectivity index (χ3v) is 5.11. The van der Waals surface area contributed by atoms with Gasteiger partial charge >= 0.3 is 6.18 Å². The number of halogens is 3. The Morgan fingerprint density at radius 3 is 2.50 bits per heavy atom. The molecule has 1 saturated heterocycles. The molecule has 1 aliphatic heterocycles. The Hall–Kier alpha value is -0.340. The van der Waals surface area contributed by atoms with Crippen LogP contribution in [0.15, 0.2) is 0 Å². The lowest BCUT2D eigenvalue weighted by Crippen LogP contribution is -2.34. The molecule has 0 bridgehead atoms. The summed E-state index contributed by atoms with van der Waals surface area (Å²) in [5.41, 5.74) is 5.69. The molecule has 0 spiro atoms. The Labute approximate surface area is 105 Å². The fourth-order valence-corrected chi connectivity index (χ4v) is 3.59. The molecule has 8 heteroatoms. The molecular formula is C10H19F3N2O2S. The molecule has 0 aromatic rings. The molecule has 2 atom stereocenters. The maximum absolute atomic E-state index is 12.0. The number of nitrogens with two attached hydrogens (primary N) is 1. The second-order valence-electron chi connectivity index (χ2n) is 4.80. The number of sulfonamides is 1. The fraction of sp³-hybridized carbons (Fsp3) is 1.00. The van der Waals surface area contributed by atoms with Crippen LogP contribution < -0.4 is 5.73 Å². The first-order valence-corrected chi connectivity index (χ1v) is 7.53. The molecular weight excluding hydrogens is 269 g/mol. The summed E-state index contributed by atoms with van der Waals surface area (Å²) in [5.74, 6) is -0.347. The molecule has 1 heterocycles. The summed E-state index contributed by atoms with van der Waals surface area (Å²) in [7, 11) is -3.57. The van der Waals surface area contributed by atoms with Crippen molar-refractivity contribution in [1.29, 1.82) is 0 Å². The molecule has 1 rings (SSSR count). The van der Waals surface area contributed by atoms with E-state index < -0.39 is 28.4 Å². The molecule has 2 N–H and O–H groups in total. The zero-order valence-electron chi connectivity index (χ0n) is 10.3. The van der Waals surface area contributed by atoms with Crippen LogP contribution in [0.2, 0.25) is 0 Å². The minimum Gasteiger partial charge on any atom is -0.328 e. The third-order valence-electron chi connectivity index (χ3n) is 3.19. The van der Waals surface area contributed by atoms with Crippen molar-refractivity contribution in [3.63, 3.8) is 0 Å². The molecule has 1 fully saturated rings. The average Bonchev–Trinajstić information content (AvgIpc) is 2.63. The van der Waals surface area contributed by atoms with E-state index in [0.29, 0.717) is 19.5 Å². The first-order valence-electron chi connectivity index (χ1n) is 5.92. The highest BCUT2D eigenvalue weighted by Gasteiger charge is 2.34. The standard InChI is InChI=1S/C10H19F3N2O2S/c1-8(14)9-3-5-15(7-9)18(16,17)6-2-4-10(11,12)13/h8-9H,2-7,14H2,1H3. The van der Waals surface area contributed by atoms with Crippen LogP contribution in [0.4, 0.5) is 13.2 Å². The van der Waals surface area contributed by atoms with E-state index in [1.54, 1.807) is 0 Å². The Bertz CT molecular complexity index is 368. The van der Waals surface area contributed by atoms with Crippen molar-refractivity contribution < 1.29 is 21.6 Å². The fourth-order valence-electron chi connectivity index (χ4n) is 2.02. The number of alkyl halides is 3. The Morgan fingerprint density at radius 1 is 1.44 bits per heavy atom. The molecule has 0 amide bonds. The SMILES string of the molecule is CC(N)C1CCN(S(=O)(=O)CCCC(F)(F)F)C1. The number of hydrogen-bond acceptors (Lipinski definition) is 3. The predicted octanol–water partition coefficient (Wildman–Crippen LogP) is 1.33. The molecule has 108 valence electrons. The van der Waals surface area contributed by atoms with Crippen molar-refractivity contribution in [2.24, 2.45) is 11.7 Å². The normalized spacial score (nSPS) is 24.4. The highest BCUT2D eigenvalue weighted by Crippen LogP contribution is 2.25. The van der Waals surface area contributed by atoms with Gasteiger partial charge in [0.15, 0.2) is 0 Å². The van der Waals surface area contributed by atoms with Crippen LogP contribution in [0.5, 0.6) is 0 Å². The van der Waals surface area contributed by atoms with Gasteiger partial charge in [0.05, 0.1) is 5.75 Å². The van der Waals surface area contributed by atoms with Crippen LogP contribution in [0.3, 0.4) is 0 Å². The van der Waals surface area contributed by atoms with Crippen LogP contribution in [0, 0.1) is 5.92 Å². The van der Waals surface area contributed by atoms with Gasteiger partial charge in [0.25, 0.3) is 0 Å². The Kier molecular flexibility index (Phi) is 5.02. The van der Waals surface area contributed by atoms with E-state index >= 15 is 0 Å². The number of hydrogen-bond donors (Lipinski definition) is 1. The Morgan fingerprint density at radius 2 is 2.06 bits per heavy atom. The summed E-state index contributed by atoms with van der Waals surface area (Å²) >= 11 is 0. The van der Waals surface area contributed by atoms with Crippen molar-refractivity contribution in [3.8, 4) is 0 Å². The molecule has 0 aromatic carbocycles. The second kappa shape index (κ2) is 5.75. The summed E-state index contributed by atoms with van der Waals surface area (Å²) in [6.45, 7) is 2.50. The van der Waals surface area contributed by atoms with Crippen LogP contribution >= 0.6 is 0 Å². The van der Waals surface area contributed by atoms with Gasteiger partial charge in [-0.2, -0.15) is 13.2 Å². The van der Waals surface area contributed by atoms with Gasteiger partial charge in [-0.1, -0.05) is 0 Å². The first-order chi connectivity index (χ1) is 8.12. The summed E-state index contributed by atoms with van der Waals surface area (Å²) < 4.78 is 60.7. The van der Waals surface area contributed by atoms with Gasteiger partial charge in [-0.3, -0.25) is 0 Å². The molecule has 0 radical (unpaired) electrons. The largest absolute Gasteiger partial charge is 0.389 e. The van der Waals surface area contributed by atoms with E-state index in [4.69, 9.17) is 5.73 Å².